The molecule has 112 valence electrons. The summed E-state index contributed by atoms with van der Waals surface area (Å²) in [5.41, 5.74) is 5.30. The highest BCUT2D eigenvalue weighted by atomic mass is 32.2. The molecule has 0 spiro atoms. The van der Waals surface area contributed by atoms with Gasteiger partial charge in [-0.15, -0.1) is 0 Å². The van der Waals surface area contributed by atoms with Gasteiger partial charge in [-0.05, 0) is 56.7 Å². The van der Waals surface area contributed by atoms with Gasteiger partial charge in [-0.2, -0.15) is 0 Å². The minimum absolute atomic E-state index is 0.341. The van der Waals surface area contributed by atoms with Crippen molar-refractivity contribution in [3.8, 4) is 0 Å². The molecule has 1 aliphatic heterocycles. The lowest BCUT2D eigenvalue weighted by molar-refractivity contribution is 0.395. The molecular weight excluding hydrogens is 272 g/mol. The van der Waals surface area contributed by atoms with Crippen molar-refractivity contribution in [2.75, 3.05) is 6.54 Å². The second kappa shape index (κ2) is 5.84. The molecule has 1 saturated heterocycles. The fourth-order valence-corrected chi connectivity index (χ4v) is 3.92. The fourth-order valence-electron chi connectivity index (χ4n) is 3.12. The summed E-state index contributed by atoms with van der Waals surface area (Å²) in [5, 5.41) is 8.11. The van der Waals surface area contributed by atoms with Gasteiger partial charge in [0.15, 0.2) is 0 Å². The summed E-state index contributed by atoms with van der Waals surface area (Å²) in [6.45, 7) is 6.86. The molecule has 0 aromatic heterocycles. The minimum atomic E-state index is -3.41. The van der Waals surface area contributed by atoms with Crippen LogP contribution in [0.3, 0.4) is 0 Å². The Bertz CT molecular complexity index is 565. The van der Waals surface area contributed by atoms with Gasteiger partial charge in [0.2, 0.25) is 10.0 Å². The van der Waals surface area contributed by atoms with Gasteiger partial charge in [-0.25, -0.2) is 13.6 Å². The van der Waals surface area contributed by atoms with E-state index in [2.05, 4.69) is 38.2 Å². The van der Waals surface area contributed by atoms with Gasteiger partial charge in [-0.1, -0.05) is 17.7 Å². The molecule has 1 aromatic rings. The maximum absolute atomic E-state index is 11.3. The molecule has 1 fully saturated rings. The van der Waals surface area contributed by atoms with Crippen molar-refractivity contribution < 1.29 is 8.42 Å². The van der Waals surface area contributed by atoms with Gasteiger partial charge in [0.1, 0.15) is 0 Å². The van der Waals surface area contributed by atoms with Crippen LogP contribution in [-0.4, -0.2) is 26.3 Å². The highest BCUT2D eigenvalue weighted by Gasteiger charge is 2.28. The lowest BCUT2D eigenvalue weighted by Gasteiger charge is -2.29. The van der Waals surface area contributed by atoms with Crippen molar-refractivity contribution in [2.45, 2.75) is 51.3 Å². The number of nitrogens with two attached hydrogens (primary N) is 1. The van der Waals surface area contributed by atoms with Crippen LogP contribution in [0.4, 0.5) is 0 Å². The highest BCUT2D eigenvalue weighted by molar-refractivity contribution is 7.89. The first kappa shape index (κ1) is 15.5. The number of piperidine rings is 1. The van der Waals surface area contributed by atoms with Crippen molar-refractivity contribution >= 4 is 10.0 Å². The zero-order valence-electron chi connectivity index (χ0n) is 12.4. The minimum Gasteiger partial charge on any atom is -0.312 e. The SMILES string of the molecule is Cc1cc(C)c(CC2CCC(S(N)(=O)=O)CN2)c(C)c1. The number of hydrogen-bond donors (Lipinski definition) is 2. The Balaban J connectivity index is 2.03. The van der Waals surface area contributed by atoms with E-state index in [0.29, 0.717) is 19.0 Å². The van der Waals surface area contributed by atoms with Crippen molar-refractivity contribution in [2.24, 2.45) is 5.14 Å². The Morgan fingerprint density at radius 2 is 1.80 bits per heavy atom. The predicted octanol–water partition coefficient (Wildman–Crippen LogP) is 1.56. The van der Waals surface area contributed by atoms with Crippen molar-refractivity contribution in [3.63, 3.8) is 0 Å². The van der Waals surface area contributed by atoms with E-state index < -0.39 is 15.3 Å². The summed E-state index contributed by atoms with van der Waals surface area (Å²) in [7, 11) is -3.41. The first-order valence-corrected chi connectivity index (χ1v) is 8.70. The lowest BCUT2D eigenvalue weighted by atomic mass is 9.91. The number of primary sulfonamides is 1. The number of sulfonamides is 1. The van der Waals surface area contributed by atoms with Crippen LogP contribution in [-0.2, 0) is 16.4 Å². The molecule has 20 heavy (non-hydrogen) atoms. The maximum atomic E-state index is 11.3. The molecule has 0 bridgehead atoms. The van der Waals surface area contributed by atoms with Crippen molar-refractivity contribution in [1.29, 1.82) is 0 Å². The van der Waals surface area contributed by atoms with E-state index in [4.69, 9.17) is 5.14 Å². The topological polar surface area (TPSA) is 72.2 Å². The van der Waals surface area contributed by atoms with Crippen LogP contribution in [0.15, 0.2) is 12.1 Å². The van der Waals surface area contributed by atoms with Gasteiger partial charge in [0, 0.05) is 12.6 Å². The van der Waals surface area contributed by atoms with E-state index in [0.717, 1.165) is 12.8 Å². The van der Waals surface area contributed by atoms with Crippen LogP contribution >= 0.6 is 0 Å². The van der Waals surface area contributed by atoms with E-state index >= 15 is 0 Å². The number of aryl methyl sites for hydroxylation is 3. The normalized spacial score (nSPS) is 23.8. The fraction of sp³-hybridized carbons (Fsp3) is 0.600. The van der Waals surface area contributed by atoms with Crippen LogP contribution in [0.25, 0.3) is 0 Å². The van der Waals surface area contributed by atoms with Gasteiger partial charge < -0.3 is 5.32 Å². The molecule has 0 aliphatic carbocycles. The smallest absolute Gasteiger partial charge is 0.213 e. The molecule has 2 rings (SSSR count). The van der Waals surface area contributed by atoms with Crippen molar-refractivity contribution in [1.82, 2.24) is 5.32 Å². The van der Waals surface area contributed by atoms with E-state index in [1.165, 1.54) is 22.3 Å². The molecule has 0 amide bonds. The Kier molecular flexibility index (Phi) is 4.52. The third-order valence-corrected chi connectivity index (χ3v) is 5.56. The third kappa shape index (κ3) is 3.59. The van der Waals surface area contributed by atoms with Gasteiger partial charge in [0.05, 0.1) is 5.25 Å². The molecule has 3 N–H and O–H groups in total. The van der Waals surface area contributed by atoms with Crippen LogP contribution in [0, 0.1) is 20.8 Å². The van der Waals surface area contributed by atoms with Gasteiger partial charge in [0.25, 0.3) is 0 Å². The summed E-state index contributed by atoms with van der Waals surface area (Å²) in [4.78, 5) is 0. The first-order valence-electron chi connectivity index (χ1n) is 7.09. The molecule has 4 nitrogen and oxygen atoms in total. The van der Waals surface area contributed by atoms with Crippen molar-refractivity contribution in [3.05, 3.63) is 34.4 Å². The van der Waals surface area contributed by atoms with E-state index in [1.807, 2.05) is 0 Å². The average molecular weight is 296 g/mol. The zero-order valence-corrected chi connectivity index (χ0v) is 13.3. The standard InChI is InChI=1S/C15H24N2O2S/c1-10-6-11(2)15(12(3)7-10)8-13-4-5-14(9-17-13)20(16,18)19/h6-7,13-14,17H,4-5,8-9H2,1-3H3,(H2,16,18,19). The summed E-state index contributed by atoms with van der Waals surface area (Å²) >= 11 is 0. The van der Waals surface area contributed by atoms with Gasteiger partial charge in [-0.3, -0.25) is 0 Å². The third-order valence-electron chi connectivity index (χ3n) is 4.23. The monoisotopic (exact) mass is 296 g/mol. The van der Waals surface area contributed by atoms with E-state index in [-0.39, 0.29) is 0 Å². The van der Waals surface area contributed by atoms with Crippen LogP contribution in [0.1, 0.15) is 35.1 Å². The average Bonchev–Trinajstić information content (AvgIpc) is 2.33. The predicted molar refractivity (Wildman–Crippen MR) is 82.3 cm³/mol. The molecule has 1 aliphatic rings. The first-order chi connectivity index (χ1) is 9.27. The molecule has 0 saturated carbocycles. The maximum Gasteiger partial charge on any atom is 0.213 e. The summed E-state index contributed by atoms with van der Waals surface area (Å²) in [6.07, 6.45) is 2.46. The number of nitrogens with one attached hydrogen (secondary N) is 1. The Hall–Kier alpha value is -0.910. The van der Waals surface area contributed by atoms with E-state index in [1.54, 1.807) is 0 Å². The summed E-state index contributed by atoms with van der Waals surface area (Å²) < 4.78 is 22.7. The zero-order chi connectivity index (χ0) is 14.9. The van der Waals surface area contributed by atoms with Crippen LogP contribution in [0.5, 0.6) is 0 Å². The molecule has 0 radical (unpaired) electrons. The summed E-state index contributed by atoms with van der Waals surface area (Å²) in [5.74, 6) is 0. The highest BCUT2D eigenvalue weighted by Crippen LogP contribution is 2.22. The largest absolute Gasteiger partial charge is 0.312 e. The molecule has 1 aromatic carbocycles. The lowest BCUT2D eigenvalue weighted by Crippen LogP contribution is -2.47. The van der Waals surface area contributed by atoms with Gasteiger partial charge >= 0.3 is 0 Å². The van der Waals surface area contributed by atoms with Crippen LogP contribution in [0.2, 0.25) is 0 Å². The molecule has 5 heteroatoms. The second-order valence-corrected chi connectivity index (χ2v) is 7.82. The Morgan fingerprint density at radius 3 is 2.25 bits per heavy atom. The van der Waals surface area contributed by atoms with E-state index in [9.17, 15) is 8.42 Å². The molecule has 2 atom stereocenters. The van der Waals surface area contributed by atoms with Crippen LogP contribution < -0.4 is 10.5 Å². The number of benzene rings is 1. The molecule has 2 unspecified atom stereocenters. The Morgan fingerprint density at radius 1 is 1.20 bits per heavy atom. The second-order valence-electron chi connectivity index (χ2n) is 5.97. The number of hydrogen-bond acceptors (Lipinski definition) is 3. The molecular formula is C15H24N2O2S. The quantitative estimate of drug-likeness (QED) is 0.889. The Labute approximate surface area is 121 Å². The number of rotatable bonds is 3. The summed E-state index contributed by atoms with van der Waals surface area (Å²) in [6, 6.07) is 4.75. The molecule has 1 heterocycles.